The number of aliphatic carboxylic acids is 1. The van der Waals surface area contributed by atoms with E-state index in [4.69, 9.17) is 5.11 Å². The van der Waals surface area contributed by atoms with E-state index in [2.05, 4.69) is 14.2 Å². The molecular weight excluding hydrogens is 332 g/mol. The second-order valence-corrected chi connectivity index (χ2v) is 3.79. The van der Waals surface area contributed by atoms with Crippen LogP contribution in [0, 0.1) is 0 Å². The number of nitrogens with one attached hydrogen (secondary N) is 1. The van der Waals surface area contributed by atoms with Crippen LogP contribution < -0.4 is 5.32 Å². The maximum absolute atomic E-state index is 10.6. The zero-order valence-electron chi connectivity index (χ0n) is 13.5. The van der Waals surface area contributed by atoms with Gasteiger partial charge >= 0.3 is 35.7 Å². The molecule has 0 aromatic carbocycles. The van der Waals surface area contributed by atoms with Crippen molar-refractivity contribution in [2.24, 2.45) is 0 Å². The highest BCUT2D eigenvalue weighted by Crippen LogP contribution is 1.86. The van der Waals surface area contributed by atoms with Crippen LogP contribution >= 0.6 is 0 Å². The normalized spacial score (nSPS) is 8.67. The molecule has 0 radical (unpaired) electrons. The molecule has 0 aliphatic carbocycles. The molecule has 0 saturated heterocycles. The summed E-state index contributed by atoms with van der Waals surface area (Å²) in [5.74, 6) is -6.04. The lowest BCUT2D eigenvalue weighted by Crippen LogP contribution is -2.37. The minimum absolute atomic E-state index is 0.343. The van der Waals surface area contributed by atoms with Crippen molar-refractivity contribution in [3.63, 3.8) is 0 Å². The van der Waals surface area contributed by atoms with Crippen molar-refractivity contribution in [1.29, 1.82) is 0 Å². The summed E-state index contributed by atoms with van der Waals surface area (Å²) in [4.78, 5) is 63.4. The number of nitrogens with zero attached hydrogens (tertiary/aromatic N) is 1. The monoisotopic (exact) mass is 350 g/mol. The van der Waals surface area contributed by atoms with Crippen LogP contribution in [0.2, 0.25) is 0 Å². The molecule has 0 saturated carbocycles. The second kappa shape index (κ2) is 12.4. The van der Waals surface area contributed by atoms with Crippen molar-refractivity contribution in [2.45, 2.75) is 0 Å². The number of hydrogen-bond donors (Lipinski definition) is 2. The lowest BCUT2D eigenvalue weighted by Gasteiger charge is -2.11. The Labute approximate surface area is 136 Å². The number of methoxy groups -OCH3 is 3. The number of carboxylic acids is 1. The topological polar surface area (TPSA) is 166 Å². The highest BCUT2D eigenvalue weighted by Gasteiger charge is 2.19. The number of hydrogen-bond acceptors (Lipinski definition) is 9. The first kappa shape index (κ1) is 23.1. The Morgan fingerprint density at radius 1 is 0.917 bits per heavy atom. The van der Waals surface area contributed by atoms with Gasteiger partial charge in [0.2, 0.25) is 0 Å². The number of carbonyl (C=O) groups excluding carboxylic acids is 5. The van der Waals surface area contributed by atoms with Crippen molar-refractivity contribution in [2.75, 3.05) is 41.5 Å². The highest BCUT2D eigenvalue weighted by molar-refractivity contribution is 6.32. The first-order valence-corrected chi connectivity index (χ1v) is 6.08. The first-order chi connectivity index (χ1) is 11.1. The van der Waals surface area contributed by atoms with E-state index in [0.29, 0.717) is 0 Å². The Morgan fingerprint density at radius 2 is 1.42 bits per heavy atom. The fourth-order valence-corrected chi connectivity index (χ4v) is 0.883. The Hall–Kier alpha value is -3.18. The third-order valence-corrected chi connectivity index (χ3v) is 2.12. The van der Waals surface area contributed by atoms with Crippen molar-refractivity contribution in [3.8, 4) is 0 Å². The zero-order valence-corrected chi connectivity index (χ0v) is 13.5. The molecule has 0 aliphatic heterocycles. The molecule has 0 aromatic rings. The van der Waals surface area contributed by atoms with Gasteiger partial charge in [-0.2, -0.15) is 0 Å². The summed E-state index contributed by atoms with van der Waals surface area (Å²) in [5, 5.41) is 10.2. The van der Waals surface area contributed by atoms with E-state index in [-0.39, 0.29) is 13.1 Å². The van der Waals surface area contributed by atoms with E-state index in [1.54, 1.807) is 0 Å². The van der Waals surface area contributed by atoms with Crippen molar-refractivity contribution >= 4 is 35.7 Å². The predicted octanol–water partition coefficient (Wildman–Crippen LogP) is -2.85. The smallest absolute Gasteiger partial charge is 0.396 e. The van der Waals surface area contributed by atoms with Crippen LogP contribution in [0.1, 0.15) is 0 Å². The second-order valence-electron chi connectivity index (χ2n) is 3.79. The van der Waals surface area contributed by atoms with E-state index in [0.717, 1.165) is 19.1 Å². The van der Waals surface area contributed by atoms with Crippen LogP contribution in [-0.4, -0.2) is 87.2 Å². The van der Waals surface area contributed by atoms with Crippen molar-refractivity contribution in [1.82, 2.24) is 10.2 Å². The average Bonchev–Trinajstić information content (AvgIpc) is 2.57. The van der Waals surface area contributed by atoms with Crippen LogP contribution in [0.5, 0.6) is 0 Å². The van der Waals surface area contributed by atoms with E-state index in [1.807, 2.05) is 5.32 Å². The number of carboxylic acid groups (broad SMARTS) is 1. The quantitative estimate of drug-likeness (QED) is 0.306. The molecule has 136 valence electrons. The third-order valence-electron chi connectivity index (χ3n) is 2.12. The Kier molecular flexibility index (Phi) is 11.9. The largest absolute Gasteiger partial charge is 0.474 e. The molecule has 0 heterocycles. The molecule has 24 heavy (non-hydrogen) atoms. The zero-order chi connectivity index (χ0) is 19.3. The van der Waals surface area contributed by atoms with Gasteiger partial charge in [-0.05, 0) is 0 Å². The predicted molar refractivity (Wildman–Crippen MR) is 74.3 cm³/mol. The van der Waals surface area contributed by atoms with Gasteiger partial charge < -0.3 is 29.5 Å². The van der Waals surface area contributed by atoms with Gasteiger partial charge in [0, 0.05) is 7.05 Å². The molecule has 12 heteroatoms. The molecule has 0 aromatic heterocycles. The van der Waals surface area contributed by atoms with E-state index >= 15 is 0 Å². The summed E-state index contributed by atoms with van der Waals surface area (Å²) < 4.78 is 12.5. The maximum atomic E-state index is 10.6. The lowest BCUT2D eigenvalue weighted by molar-refractivity contribution is -0.157. The Bertz CT molecular complexity index is 502. The first-order valence-electron chi connectivity index (χ1n) is 6.08. The molecule has 2 N–H and O–H groups in total. The minimum atomic E-state index is -1.60. The van der Waals surface area contributed by atoms with Gasteiger partial charge in [-0.1, -0.05) is 0 Å². The Morgan fingerprint density at radius 3 is 1.79 bits per heavy atom. The van der Waals surface area contributed by atoms with E-state index in [1.165, 1.54) is 14.2 Å². The number of esters is 3. The van der Waals surface area contributed by atoms with Crippen LogP contribution in [-0.2, 0) is 43.0 Å². The minimum Gasteiger partial charge on any atom is -0.474 e. The highest BCUT2D eigenvalue weighted by atomic mass is 16.5. The van der Waals surface area contributed by atoms with Crippen LogP contribution in [0.15, 0.2) is 0 Å². The maximum Gasteiger partial charge on any atom is 0.396 e. The summed E-state index contributed by atoms with van der Waals surface area (Å²) in [6.45, 7) is -0.702. The standard InChI is InChI=1S/2C6H9NO5/c1-11-4(8)3-7-5(9)6(10)12-2;1-7(3-4(8)12-2)5(9)6(10)11/h3H2,1-2H3,(H,7,9);3H2,1-2H3,(H,10,11). The summed E-state index contributed by atoms with van der Waals surface area (Å²) in [7, 11) is 4.60. The fourth-order valence-electron chi connectivity index (χ4n) is 0.883. The number of ether oxygens (including phenoxy) is 3. The molecule has 0 rings (SSSR count). The van der Waals surface area contributed by atoms with Crippen LogP contribution in [0.3, 0.4) is 0 Å². The average molecular weight is 350 g/mol. The molecule has 2 amide bonds. The molecular formula is C12H18N2O10. The Balaban J connectivity index is 0. The summed E-state index contributed by atoms with van der Waals surface area (Å²) in [6.07, 6.45) is 0. The number of carbonyl (C=O) groups is 6. The molecule has 0 fully saturated rings. The van der Waals surface area contributed by atoms with E-state index in [9.17, 15) is 28.8 Å². The summed E-state index contributed by atoms with van der Waals surface area (Å²) in [5.41, 5.74) is 0. The SMILES string of the molecule is COC(=O)CN(C)C(=O)C(=O)O.COC(=O)CNC(=O)C(=O)OC. The molecule has 12 nitrogen and oxygen atoms in total. The van der Waals surface area contributed by atoms with Crippen LogP contribution in [0.25, 0.3) is 0 Å². The van der Waals surface area contributed by atoms with E-state index < -0.39 is 35.7 Å². The van der Waals surface area contributed by atoms with Gasteiger partial charge in [-0.25, -0.2) is 9.59 Å². The number of likely N-dealkylation sites (N-methyl/N-ethyl adjacent to an activating group) is 1. The van der Waals surface area contributed by atoms with Gasteiger partial charge in [0.15, 0.2) is 0 Å². The fraction of sp³-hybridized carbons (Fsp3) is 0.500. The van der Waals surface area contributed by atoms with Crippen molar-refractivity contribution in [3.05, 3.63) is 0 Å². The van der Waals surface area contributed by atoms with Gasteiger partial charge in [0.1, 0.15) is 13.1 Å². The molecule has 0 atom stereocenters. The molecule has 0 bridgehead atoms. The molecule has 0 spiro atoms. The van der Waals surface area contributed by atoms with Gasteiger partial charge in [-0.15, -0.1) is 0 Å². The number of rotatable bonds is 4. The summed E-state index contributed by atoms with van der Waals surface area (Å²) in [6, 6.07) is 0. The molecule has 0 aliphatic rings. The van der Waals surface area contributed by atoms with Gasteiger partial charge in [0.25, 0.3) is 0 Å². The van der Waals surface area contributed by atoms with Crippen LogP contribution in [0.4, 0.5) is 0 Å². The number of amides is 2. The van der Waals surface area contributed by atoms with Gasteiger partial charge in [0.05, 0.1) is 21.3 Å². The summed E-state index contributed by atoms with van der Waals surface area (Å²) >= 11 is 0. The van der Waals surface area contributed by atoms with Crippen molar-refractivity contribution < 1.29 is 48.1 Å². The molecule has 0 unspecified atom stereocenters. The lowest BCUT2D eigenvalue weighted by atomic mass is 10.5. The third kappa shape index (κ3) is 10.5. The van der Waals surface area contributed by atoms with Gasteiger partial charge in [-0.3, -0.25) is 19.2 Å².